The van der Waals surface area contributed by atoms with Gasteiger partial charge in [-0.2, -0.15) is 0 Å². The van der Waals surface area contributed by atoms with E-state index in [1.54, 1.807) is 6.07 Å². The van der Waals surface area contributed by atoms with E-state index in [0.29, 0.717) is 30.0 Å². The van der Waals surface area contributed by atoms with Crippen molar-refractivity contribution in [3.8, 4) is 11.4 Å². The fraction of sp³-hybridized carbons (Fsp3) is 0.548. The number of carbonyl (C=O) groups is 1. The zero-order chi connectivity index (χ0) is 29.4. The number of β-amino-alcohol motifs (C(OH)–C–C–N with tert-alkyl or cyclic N) is 1. The van der Waals surface area contributed by atoms with Crippen molar-refractivity contribution in [3.63, 3.8) is 0 Å². The molecule has 11 heteroatoms. The van der Waals surface area contributed by atoms with Crippen molar-refractivity contribution in [3.05, 3.63) is 47.7 Å². The second-order valence-corrected chi connectivity index (χ2v) is 12.7. The van der Waals surface area contributed by atoms with Crippen LogP contribution in [-0.4, -0.2) is 80.3 Å². The molecule has 0 aliphatic carbocycles. The first kappa shape index (κ1) is 28.5. The first-order chi connectivity index (χ1) is 20.1. The SMILES string of the molecule is Cn1c(-c2nc(Nc3ccc(N4CCC(CC5CCN(CC(C)(C)O)C5)CC4)cn3)ncc2F)cc2c1CCNC2=O. The summed E-state index contributed by atoms with van der Waals surface area (Å²) in [5, 5.41) is 16.1. The molecule has 0 bridgehead atoms. The summed E-state index contributed by atoms with van der Waals surface area (Å²) in [5.74, 6) is 1.60. The second kappa shape index (κ2) is 11.6. The highest BCUT2D eigenvalue weighted by Crippen LogP contribution is 2.32. The van der Waals surface area contributed by atoms with Crippen LogP contribution in [-0.2, 0) is 13.5 Å². The van der Waals surface area contributed by atoms with Gasteiger partial charge in [0.15, 0.2) is 5.82 Å². The molecule has 1 unspecified atom stereocenters. The van der Waals surface area contributed by atoms with E-state index in [-0.39, 0.29) is 17.5 Å². The van der Waals surface area contributed by atoms with Crippen molar-refractivity contribution in [1.29, 1.82) is 0 Å². The third kappa shape index (κ3) is 6.27. The number of fused-ring (bicyclic) bond motifs is 1. The lowest BCUT2D eigenvalue weighted by Gasteiger charge is -2.34. The molecule has 0 spiro atoms. The predicted molar refractivity (Wildman–Crippen MR) is 160 cm³/mol. The second-order valence-electron chi connectivity index (χ2n) is 12.7. The van der Waals surface area contributed by atoms with E-state index in [1.165, 1.54) is 25.7 Å². The summed E-state index contributed by atoms with van der Waals surface area (Å²) in [6.07, 6.45) is 8.56. The number of nitrogens with one attached hydrogen (secondary N) is 2. The van der Waals surface area contributed by atoms with Crippen LogP contribution >= 0.6 is 0 Å². The molecular formula is C31H41FN8O2. The standard InChI is InChI=1S/C31H41FN8O2/c1-31(2,42)19-39-11-7-21(18-39)14-20-8-12-40(13-9-20)22-4-5-27(34-16-22)36-30-35-17-24(32)28(37-30)26-15-23-25(38(26)3)6-10-33-29(23)41/h4-5,15-17,20-21,42H,6-14,18-19H2,1-3H3,(H,33,41)(H,34,35,36,37). The molecule has 2 fully saturated rings. The zero-order valence-corrected chi connectivity index (χ0v) is 24.7. The number of hydrogen-bond acceptors (Lipinski definition) is 8. The number of amides is 1. The predicted octanol–water partition coefficient (Wildman–Crippen LogP) is 3.75. The smallest absolute Gasteiger partial charge is 0.253 e. The molecule has 0 saturated carbocycles. The average molecular weight is 577 g/mol. The molecule has 3 aromatic heterocycles. The van der Waals surface area contributed by atoms with Gasteiger partial charge in [0.25, 0.3) is 5.91 Å². The number of nitrogens with zero attached hydrogens (tertiary/aromatic N) is 6. The monoisotopic (exact) mass is 576 g/mol. The van der Waals surface area contributed by atoms with Crippen molar-refractivity contribution in [2.45, 2.75) is 51.6 Å². The molecule has 0 radical (unpaired) electrons. The van der Waals surface area contributed by atoms with Gasteiger partial charge in [-0.05, 0) is 76.1 Å². The third-order valence-corrected chi connectivity index (χ3v) is 8.85. The normalized spacial score (nSPS) is 20.1. The maximum atomic E-state index is 14.8. The van der Waals surface area contributed by atoms with Gasteiger partial charge in [0.05, 0.1) is 34.9 Å². The van der Waals surface area contributed by atoms with Crippen LogP contribution in [0.25, 0.3) is 11.4 Å². The molecule has 6 rings (SSSR count). The molecule has 3 N–H and O–H groups in total. The van der Waals surface area contributed by atoms with Gasteiger partial charge in [0.2, 0.25) is 5.95 Å². The molecule has 0 aromatic carbocycles. The van der Waals surface area contributed by atoms with Gasteiger partial charge < -0.3 is 30.1 Å². The maximum absolute atomic E-state index is 14.8. The summed E-state index contributed by atoms with van der Waals surface area (Å²) < 4.78 is 16.6. The van der Waals surface area contributed by atoms with Crippen LogP contribution in [0.3, 0.4) is 0 Å². The van der Waals surface area contributed by atoms with Crippen molar-refractivity contribution in [2.75, 3.05) is 49.5 Å². The Hall–Kier alpha value is -3.57. The number of rotatable bonds is 8. The van der Waals surface area contributed by atoms with Gasteiger partial charge in [-0.15, -0.1) is 0 Å². The number of pyridine rings is 1. The highest BCUT2D eigenvalue weighted by atomic mass is 19.1. The third-order valence-electron chi connectivity index (χ3n) is 8.85. The average Bonchev–Trinajstić information content (AvgIpc) is 3.53. The first-order valence-corrected chi connectivity index (χ1v) is 15.1. The number of aliphatic hydroxyl groups is 1. The van der Waals surface area contributed by atoms with E-state index in [2.05, 4.69) is 41.5 Å². The number of aromatic nitrogens is 4. The highest BCUT2D eigenvalue weighted by Gasteiger charge is 2.30. The lowest BCUT2D eigenvalue weighted by molar-refractivity contribution is 0.0424. The number of anilines is 3. The van der Waals surface area contributed by atoms with E-state index in [1.807, 2.05) is 37.7 Å². The highest BCUT2D eigenvalue weighted by molar-refractivity contribution is 5.97. The van der Waals surface area contributed by atoms with Gasteiger partial charge in [-0.1, -0.05) is 0 Å². The van der Waals surface area contributed by atoms with Gasteiger partial charge in [0.1, 0.15) is 11.5 Å². The van der Waals surface area contributed by atoms with E-state index >= 15 is 0 Å². The molecular weight excluding hydrogens is 535 g/mol. The Kier molecular flexibility index (Phi) is 7.89. The molecule has 3 aliphatic heterocycles. The molecule has 1 amide bonds. The summed E-state index contributed by atoms with van der Waals surface area (Å²) >= 11 is 0. The van der Waals surface area contributed by atoms with E-state index < -0.39 is 11.4 Å². The van der Waals surface area contributed by atoms with Crippen molar-refractivity contribution in [2.24, 2.45) is 18.9 Å². The molecule has 1 atom stereocenters. The Morgan fingerprint density at radius 1 is 1.12 bits per heavy atom. The number of hydrogen-bond donors (Lipinski definition) is 3. The molecule has 3 aromatic rings. The minimum Gasteiger partial charge on any atom is -0.389 e. The molecule has 3 aliphatic rings. The number of piperidine rings is 1. The maximum Gasteiger partial charge on any atom is 0.253 e. The largest absolute Gasteiger partial charge is 0.389 e. The topological polar surface area (TPSA) is 111 Å². The van der Waals surface area contributed by atoms with Crippen LogP contribution < -0.4 is 15.5 Å². The summed E-state index contributed by atoms with van der Waals surface area (Å²) in [5.41, 5.74) is 2.56. The zero-order valence-electron chi connectivity index (χ0n) is 24.7. The number of likely N-dealkylation sites (tertiary alicyclic amines) is 1. The summed E-state index contributed by atoms with van der Waals surface area (Å²) in [4.78, 5) is 30.2. The van der Waals surface area contributed by atoms with Gasteiger partial charge in [-0.3, -0.25) is 4.79 Å². The Labute approximate surface area is 246 Å². The van der Waals surface area contributed by atoms with Crippen LogP contribution in [0.15, 0.2) is 30.6 Å². The lowest BCUT2D eigenvalue weighted by atomic mass is 9.86. The Morgan fingerprint density at radius 2 is 1.90 bits per heavy atom. The van der Waals surface area contributed by atoms with Crippen molar-refractivity contribution in [1.82, 2.24) is 29.7 Å². The molecule has 10 nitrogen and oxygen atoms in total. The molecule has 42 heavy (non-hydrogen) atoms. The van der Waals surface area contributed by atoms with Gasteiger partial charge in [-0.25, -0.2) is 19.3 Å². The molecule has 6 heterocycles. The molecule has 224 valence electrons. The van der Waals surface area contributed by atoms with Gasteiger partial charge in [0, 0.05) is 51.9 Å². The summed E-state index contributed by atoms with van der Waals surface area (Å²) in [6, 6.07) is 5.64. The Morgan fingerprint density at radius 3 is 2.62 bits per heavy atom. The van der Waals surface area contributed by atoms with Crippen molar-refractivity contribution >= 4 is 23.4 Å². The minimum atomic E-state index is -0.628. The minimum absolute atomic E-state index is 0.138. The number of halogens is 1. The van der Waals surface area contributed by atoms with E-state index in [4.69, 9.17) is 0 Å². The Balaban J connectivity index is 1.04. The number of carbonyl (C=O) groups excluding carboxylic acids is 1. The first-order valence-electron chi connectivity index (χ1n) is 15.1. The van der Waals surface area contributed by atoms with Gasteiger partial charge >= 0.3 is 0 Å². The van der Waals surface area contributed by atoms with Crippen molar-refractivity contribution < 1.29 is 14.3 Å². The fourth-order valence-electron chi connectivity index (χ4n) is 6.82. The van der Waals surface area contributed by atoms with Crippen LogP contribution in [0.2, 0.25) is 0 Å². The summed E-state index contributed by atoms with van der Waals surface area (Å²) in [7, 11) is 1.83. The quantitative estimate of drug-likeness (QED) is 0.372. The van der Waals surface area contributed by atoms with Crippen LogP contribution in [0.5, 0.6) is 0 Å². The fourth-order valence-corrected chi connectivity index (χ4v) is 6.82. The van der Waals surface area contributed by atoms with E-state index in [0.717, 1.165) is 62.1 Å². The Bertz CT molecular complexity index is 1430. The van der Waals surface area contributed by atoms with Crippen LogP contribution in [0, 0.1) is 17.7 Å². The summed E-state index contributed by atoms with van der Waals surface area (Å²) in [6.45, 7) is 9.32. The van der Waals surface area contributed by atoms with Crippen LogP contribution in [0.4, 0.5) is 21.8 Å². The van der Waals surface area contributed by atoms with Crippen LogP contribution in [0.1, 0.15) is 55.6 Å². The van der Waals surface area contributed by atoms with E-state index in [9.17, 15) is 14.3 Å². The lowest BCUT2D eigenvalue weighted by Crippen LogP contribution is -2.37. The molecule has 2 saturated heterocycles.